The highest BCUT2D eigenvalue weighted by atomic mass is 16.5. The highest BCUT2D eigenvalue weighted by Gasteiger charge is 1.87. The number of aliphatic hydroxyl groups is 1. The normalized spacial score (nSPS) is 9.45. The smallest absolute Gasteiger partial charge is 0.0840 e. The van der Waals surface area contributed by atoms with Crippen LogP contribution in [0.2, 0.25) is 0 Å². The highest BCUT2D eigenvalue weighted by Crippen LogP contribution is 1.79. The Balaban J connectivity index is 2.75. The Morgan fingerprint density at radius 2 is 2.27 bits per heavy atom. The molecule has 4 nitrogen and oxygen atoms in total. The van der Waals surface area contributed by atoms with E-state index in [4.69, 9.17) is 15.1 Å². The van der Waals surface area contributed by atoms with Crippen LogP contribution in [0.4, 0.5) is 0 Å². The number of nitriles is 1. The molecule has 0 saturated heterocycles. The summed E-state index contributed by atoms with van der Waals surface area (Å²) in [5.74, 6) is 0. The van der Waals surface area contributed by atoms with Crippen LogP contribution in [0.25, 0.3) is 0 Å². The summed E-state index contributed by atoms with van der Waals surface area (Å²) in [6.07, 6.45) is 0.877. The van der Waals surface area contributed by atoms with E-state index in [0.717, 1.165) is 13.0 Å². The zero-order valence-electron chi connectivity index (χ0n) is 6.55. The van der Waals surface area contributed by atoms with E-state index in [1.54, 1.807) is 0 Å². The van der Waals surface area contributed by atoms with E-state index < -0.39 is 0 Å². The fourth-order valence-electron chi connectivity index (χ4n) is 0.610. The van der Waals surface area contributed by atoms with Gasteiger partial charge >= 0.3 is 0 Å². The minimum atomic E-state index is 0.0750. The molecule has 0 aliphatic carbocycles. The Morgan fingerprint density at radius 1 is 1.45 bits per heavy atom. The number of ether oxygens (including phenoxy) is 1. The molecule has 0 spiro atoms. The SMILES string of the molecule is N#CCNCCCOCCO. The second kappa shape index (κ2) is 9.37. The molecule has 0 rings (SSSR count). The van der Waals surface area contributed by atoms with Crippen LogP contribution in [0.15, 0.2) is 0 Å². The van der Waals surface area contributed by atoms with Crippen molar-refractivity contribution in [2.75, 3.05) is 32.9 Å². The first-order chi connectivity index (χ1) is 5.41. The molecule has 64 valence electrons. The number of aliphatic hydroxyl groups excluding tert-OH is 1. The molecule has 0 saturated carbocycles. The molecule has 0 heterocycles. The van der Waals surface area contributed by atoms with Gasteiger partial charge in [0.05, 0.1) is 25.8 Å². The summed E-state index contributed by atoms with van der Waals surface area (Å²) < 4.78 is 4.99. The predicted molar refractivity (Wildman–Crippen MR) is 41.0 cm³/mol. The number of hydrogen-bond donors (Lipinski definition) is 2. The van der Waals surface area contributed by atoms with E-state index in [2.05, 4.69) is 5.32 Å². The summed E-state index contributed by atoms with van der Waals surface area (Å²) in [5, 5.41) is 19.4. The van der Waals surface area contributed by atoms with Crippen molar-refractivity contribution in [2.45, 2.75) is 6.42 Å². The number of rotatable bonds is 7. The van der Waals surface area contributed by atoms with Crippen molar-refractivity contribution in [1.29, 1.82) is 5.26 Å². The van der Waals surface area contributed by atoms with Crippen LogP contribution >= 0.6 is 0 Å². The van der Waals surface area contributed by atoms with Gasteiger partial charge < -0.3 is 15.2 Å². The molecule has 0 aromatic carbocycles. The first-order valence-electron chi connectivity index (χ1n) is 3.68. The fraction of sp³-hybridized carbons (Fsp3) is 0.857. The number of hydrogen-bond acceptors (Lipinski definition) is 4. The topological polar surface area (TPSA) is 65.3 Å². The Labute approximate surface area is 66.8 Å². The average Bonchev–Trinajstić information content (AvgIpc) is 2.03. The second-order valence-electron chi connectivity index (χ2n) is 2.02. The van der Waals surface area contributed by atoms with E-state index in [1.165, 1.54) is 0 Å². The van der Waals surface area contributed by atoms with Gasteiger partial charge in [-0.15, -0.1) is 0 Å². The van der Waals surface area contributed by atoms with E-state index in [0.29, 0.717) is 19.8 Å². The van der Waals surface area contributed by atoms with Crippen LogP contribution in [-0.4, -0.2) is 38.0 Å². The molecule has 0 aromatic heterocycles. The van der Waals surface area contributed by atoms with Crippen molar-refractivity contribution >= 4 is 0 Å². The summed E-state index contributed by atoms with van der Waals surface area (Å²) in [6, 6.07) is 1.98. The summed E-state index contributed by atoms with van der Waals surface area (Å²) in [5.41, 5.74) is 0. The third-order valence-corrected chi connectivity index (χ3v) is 1.08. The van der Waals surface area contributed by atoms with Crippen molar-refractivity contribution in [3.05, 3.63) is 0 Å². The molecule has 0 bridgehead atoms. The molecule has 4 heteroatoms. The summed E-state index contributed by atoms with van der Waals surface area (Å²) in [7, 11) is 0. The standard InChI is InChI=1S/C7H14N2O2/c8-2-4-9-3-1-6-11-7-5-10/h9-10H,1,3-7H2. The monoisotopic (exact) mass is 158 g/mol. The Kier molecular flexibility index (Phi) is 8.83. The molecule has 0 amide bonds. The number of nitrogens with zero attached hydrogens (tertiary/aromatic N) is 1. The van der Waals surface area contributed by atoms with Crippen molar-refractivity contribution < 1.29 is 9.84 Å². The van der Waals surface area contributed by atoms with Crippen LogP contribution in [0.1, 0.15) is 6.42 Å². The zero-order valence-corrected chi connectivity index (χ0v) is 6.55. The molecule has 0 fully saturated rings. The maximum Gasteiger partial charge on any atom is 0.0840 e. The third kappa shape index (κ3) is 9.37. The minimum absolute atomic E-state index is 0.0750. The molecule has 0 atom stereocenters. The van der Waals surface area contributed by atoms with Gasteiger partial charge in [0.2, 0.25) is 0 Å². The van der Waals surface area contributed by atoms with Crippen LogP contribution in [0, 0.1) is 11.3 Å². The summed E-state index contributed by atoms with van der Waals surface area (Å²) >= 11 is 0. The minimum Gasteiger partial charge on any atom is -0.394 e. The molecule has 2 N–H and O–H groups in total. The van der Waals surface area contributed by atoms with E-state index >= 15 is 0 Å². The van der Waals surface area contributed by atoms with Crippen molar-refractivity contribution in [3.8, 4) is 6.07 Å². The molecular weight excluding hydrogens is 144 g/mol. The lowest BCUT2D eigenvalue weighted by Crippen LogP contribution is -2.17. The lowest BCUT2D eigenvalue weighted by molar-refractivity contribution is 0.0909. The first kappa shape index (κ1) is 10.4. The van der Waals surface area contributed by atoms with Crippen LogP contribution in [0.3, 0.4) is 0 Å². The van der Waals surface area contributed by atoms with Gasteiger partial charge in [0.15, 0.2) is 0 Å². The van der Waals surface area contributed by atoms with Crippen molar-refractivity contribution in [1.82, 2.24) is 5.32 Å². The lowest BCUT2D eigenvalue weighted by atomic mass is 10.4. The molecule has 0 aliphatic rings. The van der Waals surface area contributed by atoms with Crippen molar-refractivity contribution in [3.63, 3.8) is 0 Å². The lowest BCUT2D eigenvalue weighted by Gasteiger charge is -2.01. The molecule has 0 aliphatic heterocycles. The van der Waals surface area contributed by atoms with E-state index in [-0.39, 0.29) is 6.61 Å². The summed E-state index contributed by atoms with van der Waals surface area (Å²) in [6.45, 7) is 2.29. The Hall–Kier alpha value is -0.630. The maximum atomic E-state index is 8.32. The van der Waals surface area contributed by atoms with Gasteiger partial charge in [0.25, 0.3) is 0 Å². The highest BCUT2D eigenvalue weighted by molar-refractivity contribution is 4.72. The zero-order chi connectivity index (χ0) is 8.36. The Bertz CT molecular complexity index is 111. The van der Waals surface area contributed by atoms with Crippen molar-refractivity contribution in [2.24, 2.45) is 0 Å². The van der Waals surface area contributed by atoms with Gasteiger partial charge in [-0.2, -0.15) is 5.26 Å². The van der Waals surface area contributed by atoms with E-state index in [1.807, 2.05) is 6.07 Å². The molecular formula is C7H14N2O2. The number of nitrogens with one attached hydrogen (secondary N) is 1. The quantitative estimate of drug-likeness (QED) is 0.387. The predicted octanol–water partition coefficient (Wildman–Crippen LogP) is -0.501. The third-order valence-electron chi connectivity index (χ3n) is 1.08. The van der Waals surface area contributed by atoms with Crippen LogP contribution in [-0.2, 0) is 4.74 Å². The van der Waals surface area contributed by atoms with Gasteiger partial charge in [-0.05, 0) is 13.0 Å². The van der Waals surface area contributed by atoms with Gasteiger partial charge in [-0.3, -0.25) is 0 Å². The Morgan fingerprint density at radius 3 is 2.91 bits per heavy atom. The van der Waals surface area contributed by atoms with Crippen LogP contribution in [0.5, 0.6) is 0 Å². The van der Waals surface area contributed by atoms with Gasteiger partial charge in [-0.25, -0.2) is 0 Å². The molecule has 0 unspecified atom stereocenters. The summed E-state index contributed by atoms with van der Waals surface area (Å²) in [4.78, 5) is 0. The first-order valence-corrected chi connectivity index (χ1v) is 3.68. The fourth-order valence-corrected chi connectivity index (χ4v) is 0.610. The van der Waals surface area contributed by atoms with Gasteiger partial charge in [0, 0.05) is 6.61 Å². The largest absolute Gasteiger partial charge is 0.394 e. The average molecular weight is 158 g/mol. The molecule has 0 radical (unpaired) electrons. The molecule has 0 aromatic rings. The van der Waals surface area contributed by atoms with E-state index in [9.17, 15) is 0 Å². The second-order valence-corrected chi connectivity index (χ2v) is 2.02. The van der Waals surface area contributed by atoms with Gasteiger partial charge in [-0.1, -0.05) is 0 Å². The maximum absolute atomic E-state index is 8.32. The van der Waals surface area contributed by atoms with Gasteiger partial charge in [0.1, 0.15) is 0 Å². The van der Waals surface area contributed by atoms with Crippen LogP contribution < -0.4 is 5.32 Å². The molecule has 11 heavy (non-hydrogen) atoms.